The van der Waals surface area contributed by atoms with Crippen molar-refractivity contribution in [2.75, 3.05) is 31.5 Å². The van der Waals surface area contributed by atoms with Gasteiger partial charge in [-0.05, 0) is 37.4 Å². The molecule has 0 aliphatic carbocycles. The van der Waals surface area contributed by atoms with E-state index in [0.717, 1.165) is 25.1 Å². The number of urea groups is 1. The summed E-state index contributed by atoms with van der Waals surface area (Å²) < 4.78 is 0. The Morgan fingerprint density at radius 3 is 2.62 bits per heavy atom. The van der Waals surface area contributed by atoms with E-state index in [1.165, 1.54) is 0 Å². The number of para-hydroxylation sites is 1. The maximum atomic E-state index is 12.4. The molecule has 0 aromatic heterocycles. The number of benzene rings is 1. The summed E-state index contributed by atoms with van der Waals surface area (Å²) in [6, 6.07) is 8.87. The molecule has 7 nitrogen and oxygen atoms in total. The molecule has 1 unspecified atom stereocenters. The standard InChI is InChI=1S/C19H28N4O3/c1-14(2)11-20-19(26)22-17(24)13-23-10-6-7-15(12-23)18(25)21-16-8-4-3-5-9-16/h3-5,8-9,14-15H,6-7,10-13H2,1-2H3,(H,21,25)(H2,20,22,24,26). The second-order valence-electron chi connectivity index (χ2n) is 7.08. The molecule has 0 spiro atoms. The fourth-order valence-corrected chi connectivity index (χ4v) is 2.89. The summed E-state index contributed by atoms with van der Waals surface area (Å²) in [7, 11) is 0. The van der Waals surface area contributed by atoms with Crippen LogP contribution in [0.3, 0.4) is 0 Å². The monoisotopic (exact) mass is 360 g/mol. The van der Waals surface area contributed by atoms with Crippen LogP contribution in [0, 0.1) is 11.8 Å². The van der Waals surface area contributed by atoms with Crippen molar-refractivity contribution in [2.45, 2.75) is 26.7 Å². The number of anilines is 1. The van der Waals surface area contributed by atoms with Gasteiger partial charge in [-0.3, -0.25) is 19.8 Å². The highest BCUT2D eigenvalue weighted by atomic mass is 16.2. The van der Waals surface area contributed by atoms with Crippen LogP contribution in [0.4, 0.5) is 10.5 Å². The second kappa shape index (κ2) is 9.91. The molecule has 4 amide bonds. The molecular formula is C19H28N4O3. The molecule has 1 aliphatic rings. The summed E-state index contributed by atoms with van der Waals surface area (Å²) in [6.07, 6.45) is 1.64. The molecule has 1 aliphatic heterocycles. The zero-order valence-corrected chi connectivity index (χ0v) is 15.5. The predicted molar refractivity (Wildman–Crippen MR) is 101 cm³/mol. The molecule has 1 aromatic carbocycles. The van der Waals surface area contributed by atoms with Crippen molar-refractivity contribution in [3.8, 4) is 0 Å². The number of piperidine rings is 1. The summed E-state index contributed by atoms with van der Waals surface area (Å²) >= 11 is 0. The first kappa shape index (κ1) is 19.9. The van der Waals surface area contributed by atoms with Crippen molar-refractivity contribution in [1.29, 1.82) is 0 Å². The van der Waals surface area contributed by atoms with Gasteiger partial charge in [0.2, 0.25) is 11.8 Å². The molecule has 2 rings (SSSR count). The Hall–Kier alpha value is -2.41. The van der Waals surface area contributed by atoms with Gasteiger partial charge in [-0.2, -0.15) is 0 Å². The van der Waals surface area contributed by atoms with Crippen LogP contribution in [-0.2, 0) is 9.59 Å². The number of rotatable bonds is 6. The van der Waals surface area contributed by atoms with Gasteiger partial charge in [-0.25, -0.2) is 4.79 Å². The first-order chi connectivity index (χ1) is 12.4. The number of carbonyl (C=O) groups excluding carboxylic acids is 3. The highest BCUT2D eigenvalue weighted by Crippen LogP contribution is 2.18. The van der Waals surface area contributed by atoms with E-state index in [-0.39, 0.29) is 24.3 Å². The fourth-order valence-electron chi connectivity index (χ4n) is 2.89. The summed E-state index contributed by atoms with van der Waals surface area (Å²) in [5, 5.41) is 7.90. The van der Waals surface area contributed by atoms with Gasteiger partial charge in [-0.1, -0.05) is 32.0 Å². The lowest BCUT2D eigenvalue weighted by Gasteiger charge is -2.31. The summed E-state index contributed by atoms with van der Waals surface area (Å²) in [4.78, 5) is 38.0. The molecule has 1 fully saturated rings. The van der Waals surface area contributed by atoms with Crippen LogP contribution in [0.25, 0.3) is 0 Å². The van der Waals surface area contributed by atoms with E-state index < -0.39 is 6.03 Å². The van der Waals surface area contributed by atoms with E-state index >= 15 is 0 Å². The van der Waals surface area contributed by atoms with Crippen LogP contribution >= 0.6 is 0 Å². The zero-order chi connectivity index (χ0) is 18.9. The van der Waals surface area contributed by atoms with Crippen LogP contribution in [0.5, 0.6) is 0 Å². The molecule has 1 aromatic rings. The Kier molecular flexibility index (Phi) is 7.59. The second-order valence-corrected chi connectivity index (χ2v) is 7.08. The lowest BCUT2D eigenvalue weighted by molar-refractivity contribution is -0.125. The SMILES string of the molecule is CC(C)CNC(=O)NC(=O)CN1CCCC(C(=O)Nc2ccccc2)C1. The van der Waals surface area contributed by atoms with Crippen molar-refractivity contribution in [2.24, 2.45) is 11.8 Å². The van der Waals surface area contributed by atoms with E-state index in [0.29, 0.717) is 19.0 Å². The van der Waals surface area contributed by atoms with Crippen molar-refractivity contribution in [1.82, 2.24) is 15.5 Å². The number of nitrogens with one attached hydrogen (secondary N) is 3. The highest BCUT2D eigenvalue weighted by Gasteiger charge is 2.27. The van der Waals surface area contributed by atoms with Crippen LogP contribution in [-0.4, -0.2) is 48.9 Å². The smallest absolute Gasteiger partial charge is 0.321 e. The van der Waals surface area contributed by atoms with Crippen molar-refractivity contribution >= 4 is 23.5 Å². The molecule has 26 heavy (non-hydrogen) atoms. The maximum absolute atomic E-state index is 12.4. The molecule has 0 saturated carbocycles. The summed E-state index contributed by atoms with van der Waals surface area (Å²) in [5.41, 5.74) is 0.772. The van der Waals surface area contributed by atoms with Gasteiger partial charge in [0.05, 0.1) is 12.5 Å². The Morgan fingerprint density at radius 1 is 1.19 bits per heavy atom. The van der Waals surface area contributed by atoms with E-state index in [2.05, 4.69) is 16.0 Å². The Labute approximate surface area is 154 Å². The van der Waals surface area contributed by atoms with E-state index in [9.17, 15) is 14.4 Å². The first-order valence-electron chi connectivity index (χ1n) is 9.10. The lowest BCUT2D eigenvalue weighted by atomic mass is 9.97. The number of likely N-dealkylation sites (tertiary alicyclic amines) is 1. The topological polar surface area (TPSA) is 90.5 Å². The van der Waals surface area contributed by atoms with Gasteiger partial charge in [0.15, 0.2) is 0 Å². The predicted octanol–water partition coefficient (Wildman–Crippen LogP) is 1.82. The van der Waals surface area contributed by atoms with Gasteiger partial charge >= 0.3 is 6.03 Å². The molecule has 142 valence electrons. The third-order valence-corrected chi connectivity index (χ3v) is 4.21. The number of imide groups is 1. The number of nitrogens with zero attached hydrogens (tertiary/aromatic N) is 1. The Bertz CT molecular complexity index is 618. The van der Waals surface area contributed by atoms with Crippen molar-refractivity contribution in [3.05, 3.63) is 30.3 Å². The Balaban J connectivity index is 1.77. The van der Waals surface area contributed by atoms with Gasteiger partial charge in [0.1, 0.15) is 0 Å². The number of carbonyl (C=O) groups is 3. The van der Waals surface area contributed by atoms with Gasteiger partial charge in [-0.15, -0.1) is 0 Å². The van der Waals surface area contributed by atoms with Crippen LogP contribution < -0.4 is 16.0 Å². The van der Waals surface area contributed by atoms with E-state index in [1.54, 1.807) is 0 Å². The average Bonchev–Trinajstić information content (AvgIpc) is 2.61. The molecule has 0 radical (unpaired) electrons. The van der Waals surface area contributed by atoms with Crippen molar-refractivity contribution in [3.63, 3.8) is 0 Å². The average molecular weight is 360 g/mol. The summed E-state index contributed by atoms with van der Waals surface area (Å²) in [6.45, 7) is 5.86. The molecule has 0 bridgehead atoms. The Morgan fingerprint density at radius 2 is 1.92 bits per heavy atom. The minimum absolute atomic E-state index is 0.0315. The number of amides is 4. The molecular weight excluding hydrogens is 332 g/mol. The molecule has 3 N–H and O–H groups in total. The minimum Gasteiger partial charge on any atom is -0.338 e. The third-order valence-electron chi connectivity index (χ3n) is 4.21. The van der Waals surface area contributed by atoms with Crippen LogP contribution in [0.15, 0.2) is 30.3 Å². The van der Waals surface area contributed by atoms with Crippen molar-refractivity contribution < 1.29 is 14.4 Å². The summed E-state index contributed by atoms with van der Waals surface area (Å²) in [5.74, 6) is -0.222. The quantitative estimate of drug-likeness (QED) is 0.722. The number of hydrogen-bond acceptors (Lipinski definition) is 4. The zero-order valence-electron chi connectivity index (χ0n) is 15.5. The first-order valence-corrected chi connectivity index (χ1v) is 9.10. The molecule has 1 atom stereocenters. The fraction of sp³-hybridized carbons (Fsp3) is 0.526. The van der Waals surface area contributed by atoms with E-state index in [4.69, 9.17) is 0 Å². The van der Waals surface area contributed by atoms with Crippen LogP contribution in [0.2, 0.25) is 0 Å². The van der Waals surface area contributed by atoms with Gasteiger partial charge in [0.25, 0.3) is 0 Å². The highest BCUT2D eigenvalue weighted by molar-refractivity contribution is 5.95. The van der Waals surface area contributed by atoms with Gasteiger partial charge in [0, 0.05) is 18.8 Å². The molecule has 7 heteroatoms. The van der Waals surface area contributed by atoms with Crippen LogP contribution in [0.1, 0.15) is 26.7 Å². The number of hydrogen-bond donors (Lipinski definition) is 3. The normalized spacial score (nSPS) is 17.6. The lowest BCUT2D eigenvalue weighted by Crippen LogP contribution is -2.48. The largest absolute Gasteiger partial charge is 0.338 e. The van der Waals surface area contributed by atoms with Gasteiger partial charge < -0.3 is 10.6 Å². The molecule has 1 heterocycles. The third kappa shape index (κ3) is 6.84. The maximum Gasteiger partial charge on any atom is 0.321 e. The minimum atomic E-state index is -0.473. The molecule has 1 saturated heterocycles. The van der Waals surface area contributed by atoms with E-state index in [1.807, 2.05) is 49.1 Å².